The molecule has 4 atom stereocenters. The number of aryl methyl sites for hydroxylation is 1. The number of hydrogen-bond acceptors (Lipinski definition) is 15. The summed E-state index contributed by atoms with van der Waals surface area (Å²) in [5.74, 6) is 1.62. The number of alkyl halides is 3. The van der Waals surface area contributed by atoms with Crippen molar-refractivity contribution < 1.29 is 52.6 Å². The highest BCUT2D eigenvalue weighted by molar-refractivity contribution is 5.95. The number of nitrogens with one attached hydrogen (secondary N) is 2. The number of hydrogen-bond donors (Lipinski definition) is 7. The Balaban J connectivity index is 0.740. The third-order valence-corrected chi connectivity index (χ3v) is 14.6. The number of aromatic hydroxyl groups is 2. The van der Waals surface area contributed by atoms with E-state index in [9.17, 15) is 38.4 Å². The van der Waals surface area contributed by atoms with Crippen LogP contribution in [0.5, 0.6) is 23.3 Å². The molecule has 20 heteroatoms. The van der Waals surface area contributed by atoms with Gasteiger partial charge in [0.2, 0.25) is 17.7 Å². The minimum absolute atomic E-state index is 0.00780. The Hall–Kier alpha value is -5.80. The van der Waals surface area contributed by atoms with Crippen molar-refractivity contribution in [3.63, 3.8) is 0 Å². The number of likely N-dealkylation sites (tertiary alicyclic amines) is 1. The Morgan fingerprint density at radius 2 is 1.63 bits per heavy atom. The van der Waals surface area contributed by atoms with Crippen molar-refractivity contribution in [3.05, 3.63) is 65.5 Å². The van der Waals surface area contributed by atoms with Gasteiger partial charge in [0.1, 0.15) is 24.1 Å². The van der Waals surface area contributed by atoms with E-state index in [0.29, 0.717) is 82.9 Å². The third-order valence-electron chi connectivity index (χ3n) is 14.6. The predicted molar refractivity (Wildman–Crippen MR) is 258 cm³/mol. The van der Waals surface area contributed by atoms with Gasteiger partial charge >= 0.3 is 6.18 Å². The maximum Gasteiger partial charge on any atom is 0.416 e. The number of aromatic nitrogens is 3. The molecular weight excluding hydrogens is 912 g/mol. The number of fused-ring (bicyclic) bond motifs is 2. The number of amides is 1. The van der Waals surface area contributed by atoms with Gasteiger partial charge in [0.25, 0.3) is 0 Å². The number of aliphatic hydroxyl groups excluding tert-OH is 2. The lowest BCUT2D eigenvalue weighted by Gasteiger charge is -2.38. The number of benzene rings is 3. The highest BCUT2D eigenvalue weighted by Crippen LogP contribution is 2.48. The fraction of sp³-hybridized carbons (Fsp3) is 0.540. The number of rotatable bonds is 15. The molecular formula is C50H64F3N9O8. The van der Waals surface area contributed by atoms with E-state index >= 15 is 0 Å². The summed E-state index contributed by atoms with van der Waals surface area (Å²) in [6.45, 7) is 7.73. The second-order valence-corrected chi connectivity index (χ2v) is 19.7. The number of nitrogens with two attached hydrogens (primary N) is 1. The molecule has 1 aliphatic carbocycles. The summed E-state index contributed by atoms with van der Waals surface area (Å²) in [4.78, 5) is 29.0. The molecule has 0 bridgehead atoms. The van der Waals surface area contributed by atoms with E-state index in [4.69, 9.17) is 19.9 Å². The average Bonchev–Trinajstić information content (AvgIpc) is 4.05. The van der Waals surface area contributed by atoms with Crippen LogP contribution in [-0.4, -0.2) is 135 Å². The summed E-state index contributed by atoms with van der Waals surface area (Å²) in [5.41, 5.74) is 6.67. The van der Waals surface area contributed by atoms with Crippen molar-refractivity contribution in [2.75, 3.05) is 76.0 Å². The van der Waals surface area contributed by atoms with Crippen LogP contribution < -0.4 is 30.7 Å². The predicted octanol–water partition coefficient (Wildman–Crippen LogP) is 6.42. The summed E-state index contributed by atoms with van der Waals surface area (Å²) < 4.78 is 60.9. The van der Waals surface area contributed by atoms with Crippen LogP contribution in [0.3, 0.4) is 0 Å². The Morgan fingerprint density at radius 3 is 2.30 bits per heavy atom. The van der Waals surface area contributed by atoms with Crippen molar-refractivity contribution in [3.8, 4) is 23.3 Å². The smallest absolute Gasteiger partial charge is 0.416 e. The van der Waals surface area contributed by atoms with Crippen LogP contribution in [0.4, 0.5) is 30.4 Å². The number of aliphatic hydroxyl groups is 2. The summed E-state index contributed by atoms with van der Waals surface area (Å²) >= 11 is 0. The summed E-state index contributed by atoms with van der Waals surface area (Å²) in [5, 5.41) is 50.1. The Morgan fingerprint density at radius 1 is 0.929 bits per heavy atom. The monoisotopic (exact) mass is 975 g/mol. The van der Waals surface area contributed by atoms with Crippen molar-refractivity contribution in [1.82, 2.24) is 29.7 Å². The van der Waals surface area contributed by atoms with Gasteiger partial charge in [-0.05, 0) is 113 Å². The number of carbonyl (C=O) groups is 1. The zero-order valence-electron chi connectivity index (χ0n) is 40.0. The Labute approximate surface area is 404 Å². The topological polar surface area (TPSA) is 216 Å². The van der Waals surface area contributed by atoms with Gasteiger partial charge < -0.3 is 55.5 Å². The van der Waals surface area contributed by atoms with Gasteiger partial charge in [0.15, 0.2) is 11.5 Å². The second kappa shape index (κ2) is 19.8. The molecule has 9 rings (SSSR count). The maximum absolute atomic E-state index is 13.6. The fourth-order valence-electron chi connectivity index (χ4n) is 10.3. The molecule has 4 fully saturated rings. The van der Waals surface area contributed by atoms with Crippen LogP contribution in [0.25, 0.3) is 21.7 Å². The average molecular weight is 976 g/mol. The molecule has 8 N–H and O–H groups in total. The molecule has 378 valence electrons. The summed E-state index contributed by atoms with van der Waals surface area (Å²) in [7, 11) is 3.38. The third kappa shape index (κ3) is 10.6. The van der Waals surface area contributed by atoms with Crippen molar-refractivity contribution >= 4 is 44.8 Å². The Bertz CT molecular complexity index is 2700. The summed E-state index contributed by atoms with van der Waals surface area (Å²) in [6.07, 6.45) is -0.378. The molecule has 3 saturated heterocycles. The highest BCUT2D eigenvalue weighted by Gasteiger charge is 2.45. The van der Waals surface area contributed by atoms with E-state index in [1.807, 2.05) is 19.2 Å². The van der Waals surface area contributed by atoms with E-state index < -0.39 is 36.3 Å². The van der Waals surface area contributed by atoms with E-state index in [2.05, 4.69) is 30.4 Å². The minimum Gasteiger partial charge on any atom is -0.494 e. The molecule has 5 heterocycles. The fourth-order valence-corrected chi connectivity index (χ4v) is 10.3. The van der Waals surface area contributed by atoms with Crippen LogP contribution >= 0.6 is 0 Å². The molecule has 3 aliphatic heterocycles. The molecule has 4 aliphatic rings. The van der Waals surface area contributed by atoms with Gasteiger partial charge in [-0.3, -0.25) is 19.6 Å². The number of halogens is 3. The number of carbonyl (C=O) groups excluding carboxylic acids is 1. The van der Waals surface area contributed by atoms with Crippen molar-refractivity contribution in [2.45, 2.75) is 108 Å². The first kappa shape index (κ1) is 49.2. The lowest BCUT2D eigenvalue weighted by atomic mass is 10.0. The van der Waals surface area contributed by atoms with Crippen LogP contribution in [0.2, 0.25) is 0 Å². The van der Waals surface area contributed by atoms with E-state index in [-0.39, 0.29) is 41.0 Å². The van der Waals surface area contributed by atoms with Crippen LogP contribution in [0.15, 0.2) is 48.5 Å². The van der Waals surface area contributed by atoms with E-state index in [0.717, 1.165) is 82.5 Å². The number of nitrogens with zero attached hydrogens (tertiary/aromatic N) is 6. The first-order valence-electron chi connectivity index (χ1n) is 24.1. The van der Waals surface area contributed by atoms with Crippen LogP contribution in [-0.2, 0) is 15.7 Å². The lowest BCUT2D eigenvalue weighted by molar-refractivity contribution is -0.137. The number of ether oxygens (including phenoxy) is 3. The number of nitrogen functional groups attached to an aromatic ring is 1. The Kier molecular flexibility index (Phi) is 13.9. The molecule has 1 amide bonds. The van der Waals surface area contributed by atoms with Gasteiger partial charge in [-0.15, -0.1) is 0 Å². The van der Waals surface area contributed by atoms with E-state index in [1.54, 1.807) is 44.1 Å². The number of methoxy groups -OCH3 is 1. The minimum atomic E-state index is -4.55. The normalized spacial score (nSPS) is 21.8. The molecule has 17 nitrogen and oxygen atoms in total. The maximum atomic E-state index is 13.6. The van der Waals surface area contributed by atoms with Gasteiger partial charge in [-0.2, -0.15) is 13.2 Å². The molecule has 2 aromatic heterocycles. The highest BCUT2D eigenvalue weighted by atomic mass is 19.4. The standard InChI is InChI=1S/C50H64F3N9O8/c1-28(30-19-31(50(51,52)53)21-32(54)20-30)55-45-38-23-42(41(68-4)24-39(38)56-29(2)57-45)69-27-49(13-14-49)26-59(3)44(64)25-60-15-9-34(10-16-60)70-35-11-17-61(18-12-35)33-5-6-36-37(22-33)48(67)62(47(36)66)40-7-8-43(63)58-46(40)65/h5-6,19-24,28,34-35,40,43,46,58,63,65-67H,7-18,25-27,54H2,1-4H3,(H,55,56,57)/t28-,40?,43?,46?/m1/s1. The van der Waals surface area contributed by atoms with Gasteiger partial charge in [0, 0.05) is 78.8 Å². The van der Waals surface area contributed by atoms with Gasteiger partial charge in [-0.25, -0.2) is 9.97 Å². The quantitative estimate of drug-likeness (QED) is 0.0564. The number of likely N-dealkylation sites (N-methyl/N-ethyl adjacent to an activating group) is 1. The zero-order chi connectivity index (χ0) is 49.6. The van der Waals surface area contributed by atoms with Crippen LogP contribution in [0.1, 0.15) is 87.3 Å². The summed E-state index contributed by atoms with van der Waals surface area (Å²) in [6, 6.07) is 11.4. The molecule has 5 aromatic rings. The largest absolute Gasteiger partial charge is 0.494 e. The molecule has 3 aromatic carbocycles. The second-order valence-electron chi connectivity index (χ2n) is 19.7. The molecule has 0 spiro atoms. The molecule has 70 heavy (non-hydrogen) atoms. The number of anilines is 3. The first-order chi connectivity index (χ1) is 33.4. The van der Waals surface area contributed by atoms with E-state index in [1.165, 1.54) is 10.6 Å². The zero-order valence-corrected chi connectivity index (χ0v) is 40.0. The van der Waals surface area contributed by atoms with Gasteiger partial charge in [0.05, 0.1) is 55.6 Å². The van der Waals surface area contributed by atoms with Gasteiger partial charge in [-0.1, -0.05) is 0 Å². The lowest BCUT2D eigenvalue weighted by Crippen LogP contribution is -2.47. The van der Waals surface area contributed by atoms with Crippen molar-refractivity contribution in [2.24, 2.45) is 5.41 Å². The SMILES string of the molecule is COc1cc2nc(C)nc(N[C@H](C)c3cc(N)cc(C(F)(F)F)c3)c2cc1OCC1(CN(C)C(=O)CN2CCC(OC3CCN(c4ccc5c(O)n(C6CCC(O)NC6O)c(O)c5c4)CC3)CC2)CC1. The van der Waals surface area contributed by atoms with Crippen LogP contribution in [0, 0.1) is 12.3 Å². The first-order valence-corrected chi connectivity index (χ1v) is 24.1. The molecule has 0 radical (unpaired) electrons. The number of piperidine rings is 3. The van der Waals surface area contributed by atoms with Crippen molar-refractivity contribution in [1.29, 1.82) is 0 Å². The molecule has 1 saturated carbocycles. The molecule has 3 unspecified atom stereocenters.